The van der Waals surface area contributed by atoms with Gasteiger partial charge in [0.2, 0.25) is 0 Å². The van der Waals surface area contributed by atoms with Gasteiger partial charge in [-0.3, -0.25) is 14.4 Å². The van der Waals surface area contributed by atoms with Gasteiger partial charge in [-0.2, -0.15) is 5.10 Å². The third-order valence-electron chi connectivity index (χ3n) is 5.41. The second-order valence-electron chi connectivity index (χ2n) is 7.58. The maximum Gasteiger partial charge on any atom is 0.167 e. The van der Waals surface area contributed by atoms with E-state index in [0.29, 0.717) is 0 Å². The van der Waals surface area contributed by atoms with Gasteiger partial charge < -0.3 is 4.74 Å². The molecular formula is C24H27N3O2. The number of ether oxygens (including phenoxy) is 1. The number of likely N-dealkylation sites (tertiary alicyclic amines) is 1. The minimum atomic E-state index is 0.0471. The van der Waals surface area contributed by atoms with Gasteiger partial charge in [0.1, 0.15) is 11.5 Å². The molecule has 1 atom stereocenters. The highest BCUT2D eigenvalue weighted by Crippen LogP contribution is 2.25. The molecule has 0 unspecified atom stereocenters. The van der Waals surface area contributed by atoms with E-state index in [1.54, 1.807) is 0 Å². The van der Waals surface area contributed by atoms with Crippen molar-refractivity contribution in [1.29, 1.82) is 0 Å². The Morgan fingerprint density at radius 2 is 1.86 bits per heavy atom. The van der Waals surface area contributed by atoms with Crippen LogP contribution in [-0.2, 0) is 13.1 Å². The van der Waals surface area contributed by atoms with Gasteiger partial charge in [0.15, 0.2) is 5.78 Å². The topological polar surface area (TPSA) is 47.4 Å². The van der Waals surface area contributed by atoms with Crippen molar-refractivity contribution in [2.75, 3.05) is 13.1 Å². The standard InChI is InChI=1S/C24H27N3O2/c1-2-27-17-19(15-25-27)16-26-14-6-7-21(18-26)24(28)20-10-12-23(13-11-20)29-22-8-4-3-5-9-22/h3-5,8-13,15,17,21H,2,6-7,14,16,18H2,1H3/t21-/m0/s1. The summed E-state index contributed by atoms with van der Waals surface area (Å²) in [7, 11) is 0. The molecule has 0 N–H and O–H groups in total. The van der Waals surface area contributed by atoms with Gasteiger partial charge in [-0.25, -0.2) is 0 Å². The fraction of sp³-hybridized carbons (Fsp3) is 0.333. The van der Waals surface area contributed by atoms with Crippen LogP contribution in [0.4, 0.5) is 0 Å². The number of hydrogen-bond donors (Lipinski definition) is 0. The van der Waals surface area contributed by atoms with Crippen molar-refractivity contribution in [3.63, 3.8) is 0 Å². The van der Waals surface area contributed by atoms with Crippen molar-refractivity contribution in [1.82, 2.24) is 14.7 Å². The van der Waals surface area contributed by atoms with E-state index in [1.165, 1.54) is 5.56 Å². The first kappa shape index (κ1) is 19.4. The third-order valence-corrected chi connectivity index (χ3v) is 5.41. The molecular weight excluding hydrogens is 362 g/mol. The van der Waals surface area contributed by atoms with E-state index in [2.05, 4.69) is 23.1 Å². The average Bonchev–Trinajstić information content (AvgIpc) is 3.22. The third kappa shape index (κ3) is 4.93. The van der Waals surface area contributed by atoms with Crippen LogP contribution in [0, 0.1) is 5.92 Å². The molecule has 1 saturated heterocycles. The number of ketones is 1. The Morgan fingerprint density at radius 1 is 1.10 bits per heavy atom. The number of nitrogens with zero attached hydrogens (tertiary/aromatic N) is 3. The van der Waals surface area contributed by atoms with E-state index in [9.17, 15) is 4.79 Å². The van der Waals surface area contributed by atoms with Crippen molar-refractivity contribution in [3.05, 3.63) is 78.1 Å². The van der Waals surface area contributed by atoms with Crippen LogP contribution in [0.1, 0.15) is 35.7 Å². The minimum Gasteiger partial charge on any atom is -0.457 e. The Morgan fingerprint density at radius 3 is 2.59 bits per heavy atom. The van der Waals surface area contributed by atoms with Crippen LogP contribution in [-0.4, -0.2) is 33.6 Å². The Labute approximate surface area is 171 Å². The number of aromatic nitrogens is 2. The van der Waals surface area contributed by atoms with Crippen LogP contribution in [0.25, 0.3) is 0 Å². The van der Waals surface area contributed by atoms with Crippen LogP contribution in [0.5, 0.6) is 11.5 Å². The summed E-state index contributed by atoms with van der Waals surface area (Å²) < 4.78 is 7.77. The molecule has 1 aliphatic rings. The normalized spacial score (nSPS) is 17.2. The Balaban J connectivity index is 1.36. The fourth-order valence-electron chi connectivity index (χ4n) is 3.88. The van der Waals surface area contributed by atoms with Gasteiger partial charge in [-0.1, -0.05) is 18.2 Å². The predicted octanol–water partition coefficient (Wildman–Crippen LogP) is 4.79. The molecule has 1 aliphatic heterocycles. The van der Waals surface area contributed by atoms with E-state index in [1.807, 2.05) is 65.5 Å². The first-order valence-electron chi connectivity index (χ1n) is 10.3. The number of carbonyl (C=O) groups excluding carboxylic acids is 1. The lowest BCUT2D eigenvalue weighted by Gasteiger charge is -2.31. The molecule has 3 aromatic rings. The van der Waals surface area contributed by atoms with E-state index in [4.69, 9.17) is 4.74 Å². The highest BCUT2D eigenvalue weighted by Gasteiger charge is 2.26. The zero-order valence-electron chi connectivity index (χ0n) is 16.8. The summed E-state index contributed by atoms with van der Waals surface area (Å²) in [5.74, 6) is 1.81. The van der Waals surface area contributed by atoms with Gasteiger partial charge in [0, 0.05) is 42.9 Å². The summed E-state index contributed by atoms with van der Waals surface area (Å²) in [5, 5.41) is 4.35. The van der Waals surface area contributed by atoms with Gasteiger partial charge in [-0.15, -0.1) is 0 Å². The molecule has 0 spiro atoms. The zero-order valence-corrected chi connectivity index (χ0v) is 16.8. The SMILES string of the molecule is CCn1cc(CN2CCC[C@H](C(=O)c3ccc(Oc4ccccc4)cc3)C2)cn1. The Bertz CT molecular complexity index is 934. The monoisotopic (exact) mass is 389 g/mol. The molecule has 0 saturated carbocycles. The molecule has 0 bridgehead atoms. The van der Waals surface area contributed by atoms with Crippen LogP contribution in [0.15, 0.2) is 67.0 Å². The molecule has 4 rings (SSSR count). The highest BCUT2D eigenvalue weighted by atomic mass is 16.5. The maximum atomic E-state index is 13.0. The van der Waals surface area contributed by atoms with Crippen LogP contribution < -0.4 is 4.74 Å². The number of Topliss-reactive ketones (excluding diaryl/α,β-unsaturated/α-hetero) is 1. The molecule has 0 aliphatic carbocycles. The molecule has 1 aromatic heterocycles. The largest absolute Gasteiger partial charge is 0.457 e. The number of aryl methyl sites for hydroxylation is 1. The Kier molecular flexibility index (Phi) is 6.06. The van der Waals surface area contributed by atoms with Crippen molar-refractivity contribution < 1.29 is 9.53 Å². The molecule has 2 aromatic carbocycles. The van der Waals surface area contributed by atoms with Crippen LogP contribution >= 0.6 is 0 Å². The summed E-state index contributed by atoms with van der Waals surface area (Å²) in [6.07, 6.45) is 6.02. The zero-order chi connectivity index (χ0) is 20.1. The summed E-state index contributed by atoms with van der Waals surface area (Å²) in [6, 6.07) is 17.2. The molecule has 2 heterocycles. The molecule has 0 amide bonds. The average molecular weight is 389 g/mol. The number of rotatable bonds is 7. The number of carbonyl (C=O) groups is 1. The van der Waals surface area contributed by atoms with E-state index in [-0.39, 0.29) is 11.7 Å². The molecule has 5 heteroatoms. The lowest BCUT2D eigenvalue weighted by atomic mass is 9.90. The van der Waals surface area contributed by atoms with E-state index in [0.717, 1.165) is 56.1 Å². The second-order valence-corrected chi connectivity index (χ2v) is 7.58. The van der Waals surface area contributed by atoms with Crippen LogP contribution in [0.2, 0.25) is 0 Å². The molecule has 29 heavy (non-hydrogen) atoms. The maximum absolute atomic E-state index is 13.0. The fourth-order valence-corrected chi connectivity index (χ4v) is 3.88. The van der Waals surface area contributed by atoms with Crippen molar-refractivity contribution in [3.8, 4) is 11.5 Å². The van der Waals surface area contributed by atoms with Crippen molar-refractivity contribution in [2.24, 2.45) is 5.92 Å². The first-order chi connectivity index (χ1) is 14.2. The smallest absolute Gasteiger partial charge is 0.167 e. The first-order valence-corrected chi connectivity index (χ1v) is 10.3. The number of para-hydroxylation sites is 1. The lowest BCUT2D eigenvalue weighted by Crippen LogP contribution is -2.38. The molecule has 0 radical (unpaired) electrons. The number of benzene rings is 2. The number of piperidine rings is 1. The predicted molar refractivity (Wildman–Crippen MR) is 113 cm³/mol. The summed E-state index contributed by atoms with van der Waals surface area (Å²) in [4.78, 5) is 15.4. The van der Waals surface area contributed by atoms with Crippen molar-refractivity contribution in [2.45, 2.75) is 32.9 Å². The lowest BCUT2D eigenvalue weighted by molar-refractivity contribution is 0.0811. The van der Waals surface area contributed by atoms with Gasteiger partial charge >= 0.3 is 0 Å². The summed E-state index contributed by atoms with van der Waals surface area (Å²) >= 11 is 0. The van der Waals surface area contributed by atoms with Gasteiger partial charge in [0.05, 0.1) is 6.20 Å². The highest BCUT2D eigenvalue weighted by molar-refractivity contribution is 5.98. The second kappa shape index (κ2) is 9.05. The molecule has 150 valence electrons. The number of hydrogen-bond acceptors (Lipinski definition) is 4. The van der Waals surface area contributed by atoms with E-state index < -0.39 is 0 Å². The van der Waals surface area contributed by atoms with Crippen LogP contribution in [0.3, 0.4) is 0 Å². The van der Waals surface area contributed by atoms with E-state index >= 15 is 0 Å². The Hall–Kier alpha value is -2.92. The minimum absolute atomic E-state index is 0.0471. The molecule has 1 fully saturated rings. The summed E-state index contributed by atoms with van der Waals surface area (Å²) in [5.41, 5.74) is 1.97. The summed E-state index contributed by atoms with van der Waals surface area (Å²) in [6.45, 7) is 5.66. The molecule has 5 nitrogen and oxygen atoms in total. The quantitative estimate of drug-likeness (QED) is 0.545. The van der Waals surface area contributed by atoms with Crippen molar-refractivity contribution >= 4 is 5.78 Å². The van der Waals surface area contributed by atoms with Gasteiger partial charge in [-0.05, 0) is 62.7 Å². The van der Waals surface area contributed by atoms with Gasteiger partial charge in [0.25, 0.3) is 0 Å².